The van der Waals surface area contributed by atoms with Gasteiger partial charge in [0, 0.05) is 26.0 Å². The van der Waals surface area contributed by atoms with Crippen LogP contribution in [-0.2, 0) is 21.3 Å². The van der Waals surface area contributed by atoms with Crippen LogP contribution >= 0.6 is 11.3 Å². The van der Waals surface area contributed by atoms with E-state index in [1.807, 2.05) is 19.3 Å². The highest BCUT2D eigenvalue weighted by molar-refractivity contribution is 7.18. The number of rotatable bonds is 9. The Hall–Kier alpha value is -2.69. The first-order chi connectivity index (χ1) is 14.8. The molecule has 1 aliphatic rings. The molecule has 0 saturated carbocycles. The summed E-state index contributed by atoms with van der Waals surface area (Å²) in [5, 5.41) is 3.07. The minimum absolute atomic E-state index is 0.0655. The highest BCUT2D eigenvalue weighted by Gasteiger charge is 2.30. The largest absolute Gasteiger partial charge is 0.460 e. The van der Waals surface area contributed by atoms with Crippen LogP contribution in [0.4, 0.5) is 5.00 Å². The average Bonchev–Trinajstić information content (AvgIpc) is 3.41. The van der Waals surface area contributed by atoms with E-state index < -0.39 is 11.9 Å². The van der Waals surface area contributed by atoms with Gasteiger partial charge in [-0.3, -0.25) is 14.5 Å². The Balaban J connectivity index is 1.75. The molecule has 3 heterocycles. The molecule has 168 valence electrons. The number of esters is 1. The summed E-state index contributed by atoms with van der Waals surface area (Å²) in [5.74, 6) is -1.54. The van der Waals surface area contributed by atoms with Gasteiger partial charge in [0.15, 0.2) is 0 Å². The van der Waals surface area contributed by atoms with Crippen molar-refractivity contribution in [1.82, 2.24) is 9.47 Å². The van der Waals surface area contributed by atoms with E-state index in [0.29, 0.717) is 5.56 Å². The zero-order valence-corrected chi connectivity index (χ0v) is 18.8. The number of primary amides is 1. The van der Waals surface area contributed by atoms with Gasteiger partial charge in [-0.2, -0.15) is 0 Å². The fraction of sp³-hybridized carbons (Fsp3) is 0.476. The van der Waals surface area contributed by atoms with Crippen LogP contribution in [0.1, 0.15) is 50.2 Å². The lowest BCUT2D eigenvalue weighted by Crippen LogP contribution is -2.33. The zero-order valence-electron chi connectivity index (χ0n) is 18.0. The van der Waals surface area contributed by atoms with E-state index in [0.717, 1.165) is 36.4 Å². The molecule has 0 aromatic carbocycles. The van der Waals surface area contributed by atoms with Crippen molar-refractivity contribution in [2.24, 2.45) is 12.8 Å². The van der Waals surface area contributed by atoms with Gasteiger partial charge in [-0.05, 0) is 44.0 Å². The van der Waals surface area contributed by atoms with E-state index in [2.05, 4.69) is 20.9 Å². The number of thiophene rings is 1. The van der Waals surface area contributed by atoms with Crippen LogP contribution in [0.3, 0.4) is 0 Å². The third kappa shape index (κ3) is 5.15. The summed E-state index contributed by atoms with van der Waals surface area (Å²) < 4.78 is 12.2. The maximum Gasteiger partial charge on any atom is 0.341 e. The summed E-state index contributed by atoms with van der Waals surface area (Å²) >= 11 is 0.988. The van der Waals surface area contributed by atoms with Crippen molar-refractivity contribution < 1.29 is 23.9 Å². The number of anilines is 1. The lowest BCUT2D eigenvalue weighted by molar-refractivity contribution is -0.117. The van der Waals surface area contributed by atoms with Gasteiger partial charge in [0.2, 0.25) is 5.91 Å². The third-order valence-electron chi connectivity index (χ3n) is 5.38. The van der Waals surface area contributed by atoms with Gasteiger partial charge in [-0.15, -0.1) is 11.3 Å². The highest BCUT2D eigenvalue weighted by atomic mass is 32.1. The van der Waals surface area contributed by atoms with Crippen LogP contribution in [0.2, 0.25) is 0 Å². The molecule has 9 nitrogen and oxygen atoms in total. The molecule has 3 N–H and O–H groups in total. The van der Waals surface area contributed by atoms with Crippen molar-refractivity contribution in [3.8, 4) is 0 Å². The highest BCUT2D eigenvalue weighted by Crippen LogP contribution is 2.35. The Morgan fingerprint density at radius 1 is 1.32 bits per heavy atom. The number of likely N-dealkylation sites (tertiary alicyclic amines) is 1. The monoisotopic (exact) mass is 448 g/mol. The number of nitrogens with two attached hydrogens (primary N) is 1. The molecule has 0 bridgehead atoms. The molecule has 1 fully saturated rings. The maximum absolute atomic E-state index is 12.9. The zero-order chi connectivity index (χ0) is 22.5. The number of ether oxygens (including phenoxy) is 2. The second-order valence-corrected chi connectivity index (χ2v) is 8.49. The van der Waals surface area contributed by atoms with Crippen molar-refractivity contribution in [2.75, 3.05) is 38.7 Å². The molecular formula is C21H28N4O5S. The standard InChI is InChI=1S/C21H28N4O5S/c1-13-17(21(28)30-11-10-29-3)20(31-18(13)19(22)27)23-16(26)12-25-9-5-7-15(25)14-6-4-8-24(14)2/h4,6,8,15H,5,7,9-12H2,1-3H3,(H2,22,27)(H,23,26). The molecule has 1 atom stereocenters. The number of carbonyl (C=O) groups is 3. The fourth-order valence-electron chi connectivity index (χ4n) is 3.89. The minimum atomic E-state index is -0.655. The van der Waals surface area contributed by atoms with Crippen LogP contribution in [0.25, 0.3) is 0 Å². The number of hydrogen-bond donors (Lipinski definition) is 2. The number of aromatic nitrogens is 1. The molecule has 31 heavy (non-hydrogen) atoms. The lowest BCUT2D eigenvalue weighted by atomic mass is 10.1. The Morgan fingerprint density at radius 2 is 2.10 bits per heavy atom. The number of carbonyl (C=O) groups excluding carboxylic acids is 3. The molecule has 1 aliphatic heterocycles. The lowest BCUT2D eigenvalue weighted by Gasteiger charge is -2.24. The van der Waals surface area contributed by atoms with Crippen molar-refractivity contribution in [1.29, 1.82) is 0 Å². The van der Waals surface area contributed by atoms with Gasteiger partial charge < -0.3 is 25.1 Å². The smallest absolute Gasteiger partial charge is 0.341 e. The number of amides is 2. The molecule has 0 radical (unpaired) electrons. The average molecular weight is 449 g/mol. The van der Waals surface area contributed by atoms with Crippen molar-refractivity contribution in [2.45, 2.75) is 25.8 Å². The van der Waals surface area contributed by atoms with Crippen LogP contribution in [0, 0.1) is 6.92 Å². The number of nitrogens with one attached hydrogen (secondary N) is 1. The van der Waals surface area contributed by atoms with Crippen LogP contribution in [0.15, 0.2) is 18.3 Å². The molecule has 1 saturated heterocycles. The molecule has 2 aromatic heterocycles. The van der Waals surface area contributed by atoms with E-state index in [1.165, 1.54) is 7.11 Å². The SMILES string of the molecule is COCCOC(=O)c1c(NC(=O)CN2CCCC2c2cccn2C)sc(C(N)=O)c1C. The normalized spacial score (nSPS) is 16.4. The Bertz CT molecular complexity index is 967. The van der Waals surface area contributed by atoms with E-state index in [9.17, 15) is 14.4 Å². The molecule has 2 aromatic rings. The second kappa shape index (κ2) is 10.1. The van der Waals surface area contributed by atoms with E-state index in [-0.39, 0.29) is 47.1 Å². The number of aryl methyl sites for hydroxylation is 1. The summed E-state index contributed by atoms with van der Waals surface area (Å²) in [4.78, 5) is 39.6. The summed E-state index contributed by atoms with van der Waals surface area (Å²) in [6.07, 6.45) is 3.98. The van der Waals surface area contributed by atoms with Crippen molar-refractivity contribution in [3.63, 3.8) is 0 Å². The first-order valence-corrected chi connectivity index (χ1v) is 10.9. The number of nitrogens with zero attached hydrogens (tertiary/aromatic N) is 2. The van der Waals surface area contributed by atoms with Gasteiger partial charge in [0.05, 0.1) is 29.6 Å². The summed E-state index contributed by atoms with van der Waals surface area (Å²) in [5.41, 5.74) is 7.16. The van der Waals surface area contributed by atoms with Crippen molar-refractivity contribution in [3.05, 3.63) is 40.0 Å². The number of methoxy groups -OCH3 is 1. The Morgan fingerprint density at radius 3 is 2.74 bits per heavy atom. The van der Waals surface area contributed by atoms with E-state index in [1.54, 1.807) is 6.92 Å². The summed E-state index contributed by atoms with van der Waals surface area (Å²) in [6, 6.07) is 4.22. The molecule has 2 amide bonds. The molecule has 0 spiro atoms. The molecule has 0 aliphatic carbocycles. The van der Waals surface area contributed by atoms with Gasteiger partial charge in [-0.1, -0.05) is 0 Å². The van der Waals surface area contributed by atoms with Crippen molar-refractivity contribution >= 4 is 34.1 Å². The van der Waals surface area contributed by atoms with Gasteiger partial charge in [0.1, 0.15) is 11.6 Å². The Kier molecular flexibility index (Phi) is 7.47. The summed E-state index contributed by atoms with van der Waals surface area (Å²) in [6.45, 7) is 2.91. The predicted octanol–water partition coefficient (Wildman–Crippen LogP) is 2.07. The molecule has 3 rings (SSSR count). The fourth-order valence-corrected chi connectivity index (χ4v) is 4.96. The maximum atomic E-state index is 12.9. The summed E-state index contributed by atoms with van der Waals surface area (Å²) in [7, 11) is 3.49. The van der Waals surface area contributed by atoms with Gasteiger partial charge in [0.25, 0.3) is 5.91 Å². The topological polar surface area (TPSA) is 116 Å². The Labute approximate surface area is 185 Å². The van der Waals surface area contributed by atoms with E-state index >= 15 is 0 Å². The quantitative estimate of drug-likeness (QED) is 0.448. The van der Waals surface area contributed by atoms with Gasteiger partial charge >= 0.3 is 5.97 Å². The minimum Gasteiger partial charge on any atom is -0.460 e. The van der Waals surface area contributed by atoms with E-state index in [4.69, 9.17) is 15.2 Å². The molecule has 1 unspecified atom stereocenters. The van der Waals surface area contributed by atoms with Crippen LogP contribution in [0.5, 0.6) is 0 Å². The first-order valence-electron chi connectivity index (χ1n) is 10.1. The van der Waals surface area contributed by atoms with Crippen LogP contribution in [-0.4, -0.2) is 60.7 Å². The predicted molar refractivity (Wildman–Crippen MR) is 117 cm³/mol. The van der Waals surface area contributed by atoms with Crippen LogP contribution < -0.4 is 11.1 Å². The third-order valence-corrected chi connectivity index (χ3v) is 6.61. The molecule has 10 heteroatoms. The first kappa shape index (κ1) is 23.0. The number of hydrogen-bond acceptors (Lipinski definition) is 7. The second-order valence-electron chi connectivity index (χ2n) is 7.47. The van der Waals surface area contributed by atoms with Gasteiger partial charge in [-0.25, -0.2) is 4.79 Å². The molecular weight excluding hydrogens is 420 g/mol.